The van der Waals surface area contributed by atoms with E-state index in [-0.39, 0.29) is 23.7 Å². The van der Waals surface area contributed by atoms with E-state index in [0.29, 0.717) is 44.2 Å². The summed E-state index contributed by atoms with van der Waals surface area (Å²) < 4.78 is 52.5. The van der Waals surface area contributed by atoms with Crippen LogP contribution in [-0.2, 0) is 17.5 Å². The van der Waals surface area contributed by atoms with Crippen molar-refractivity contribution in [3.63, 3.8) is 0 Å². The minimum Gasteiger partial charge on any atom is -0.417 e. The number of hydrogen-bond donors (Lipinski definition) is 2. The average Bonchev–Trinajstić information content (AvgIpc) is 3.44. The van der Waals surface area contributed by atoms with Crippen molar-refractivity contribution in [2.45, 2.75) is 51.5 Å². The second-order valence-electron chi connectivity index (χ2n) is 10.8. The lowest BCUT2D eigenvalue weighted by molar-refractivity contribution is -0.141. The molecule has 0 bridgehead atoms. The SMILES string of the molecule is CC1CCCN(c2nc(C(F)(F)F)c(C(=O)Nc3ccc(N4CCC(OCc5ccc(C(N)=O)cc5)CC4)nc3)o2)C1. The fraction of sp³-hybridized carbons (Fsp3) is 0.448. The van der Waals surface area contributed by atoms with Crippen LogP contribution in [0.25, 0.3) is 0 Å². The number of nitrogens with two attached hydrogens (primary N) is 1. The predicted molar refractivity (Wildman–Crippen MR) is 149 cm³/mol. The standard InChI is InChI=1S/C29H33F3N6O4/c1-18-3-2-12-38(16-18)28-36-25(29(30,31)32)24(42-28)27(40)35-21-8-9-23(34-15-21)37-13-10-22(11-14-37)41-17-19-4-6-20(7-5-19)26(33)39/h4-9,15,18,22H,2-3,10-14,16-17H2,1H3,(H2,33,39)(H,35,40). The zero-order valence-corrected chi connectivity index (χ0v) is 23.2. The molecule has 2 fully saturated rings. The van der Waals surface area contributed by atoms with Crippen LogP contribution < -0.4 is 20.9 Å². The predicted octanol–water partition coefficient (Wildman–Crippen LogP) is 4.86. The summed E-state index contributed by atoms with van der Waals surface area (Å²) in [6.07, 6.45) is -0.0264. The number of anilines is 3. The van der Waals surface area contributed by atoms with Gasteiger partial charge in [0.15, 0.2) is 5.69 Å². The van der Waals surface area contributed by atoms with Crippen molar-refractivity contribution >= 4 is 29.3 Å². The highest BCUT2D eigenvalue weighted by Crippen LogP contribution is 2.35. The summed E-state index contributed by atoms with van der Waals surface area (Å²) in [6.45, 7) is 4.88. The van der Waals surface area contributed by atoms with E-state index in [0.717, 1.165) is 31.2 Å². The normalized spacial score (nSPS) is 18.2. The summed E-state index contributed by atoms with van der Waals surface area (Å²) in [4.78, 5) is 35.8. The molecule has 2 aromatic heterocycles. The van der Waals surface area contributed by atoms with Gasteiger partial charge in [0.2, 0.25) is 11.7 Å². The molecule has 3 aromatic rings. The zero-order chi connectivity index (χ0) is 29.9. The molecule has 1 atom stereocenters. The molecule has 0 spiro atoms. The second kappa shape index (κ2) is 12.4. The number of pyridine rings is 1. The highest BCUT2D eigenvalue weighted by atomic mass is 19.4. The number of rotatable bonds is 8. The van der Waals surface area contributed by atoms with Gasteiger partial charge in [-0.1, -0.05) is 19.1 Å². The van der Waals surface area contributed by atoms with E-state index in [1.54, 1.807) is 29.2 Å². The number of nitrogens with zero attached hydrogens (tertiary/aromatic N) is 4. The Bertz CT molecular complexity index is 1390. The number of aromatic nitrogens is 2. The summed E-state index contributed by atoms with van der Waals surface area (Å²) in [5.74, 6) is -1.41. The fourth-order valence-electron chi connectivity index (χ4n) is 5.22. The highest BCUT2D eigenvalue weighted by molar-refractivity contribution is 6.03. The molecule has 1 unspecified atom stereocenters. The van der Waals surface area contributed by atoms with Crippen molar-refractivity contribution in [3.8, 4) is 0 Å². The number of amides is 2. The van der Waals surface area contributed by atoms with Crippen LogP contribution in [0.1, 0.15) is 64.8 Å². The van der Waals surface area contributed by atoms with E-state index >= 15 is 0 Å². The minimum atomic E-state index is -4.84. The van der Waals surface area contributed by atoms with E-state index in [4.69, 9.17) is 14.9 Å². The first-order valence-corrected chi connectivity index (χ1v) is 13.9. The van der Waals surface area contributed by atoms with Gasteiger partial charge in [0, 0.05) is 31.7 Å². The summed E-state index contributed by atoms with van der Waals surface area (Å²) >= 11 is 0. The van der Waals surface area contributed by atoms with Crippen LogP contribution in [0.5, 0.6) is 0 Å². The van der Waals surface area contributed by atoms with Crippen LogP contribution in [0.2, 0.25) is 0 Å². The smallest absolute Gasteiger partial charge is 0.417 e. The van der Waals surface area contributed by atoms with E-state index < -0.39 is 29.4 Å². The highest BCUT2D eigenvalue weighted by Gasteiger charge is 2.42. The summed E-state index contributed by atoms with van der Waals surface area (Å²) in [7, 11) is 0. The Morgan fingerprint density at radius 2 is 1.81 bits per heavy atom. The first kappa shape index (κ1) is 29.4. The molecule has 10 nitrogen and oxygen atoms in total. The number of carbonyl (C=O) groups excluding carboxylic acids is 2. The van der Waals surface area contributed by atoms with Crippen molar-refractivity contribution in [3.05, 3.63) is 65.2 Å². The van der Waals surface area contributed by atoms with Crippen molar-refractivity contribution < 1.29 is 31.9 Å². The van der Waals surface area contributed by atoms with Gasteiger partial charge in [-0.05, 0) is 61.4 Å². The Morgan fingerprint density at radius 3 is 2.43 bits per heavy atom. The molecule has 13 heteroatoms. The van der Waals surface area contributed by atoms with Gasteiger partial charge in [-0.3, -0.25) is 9.59 Å². The lowest BCUT2D eigenvalue weighted by Crippen LogP contribution is -2.37. The van der Waals surface area contributed by atoms with Gasteiger partial charge in [-0.2, -0.15) is 18.2 Å². The third-order valence-corrected chi connectivity index (χ3v) is 7.51. The maximum absolute atomic E-state index is 13.7. The second-order valence-corrected chi connectivity index (χ2v) is 10.8. The molecule has 0 radical (unpaired) electrons. The Hall–Kier alpha value is -4.13. The molecule has 2 aliphatic rings. The molecule has 224 valence electrons. The summed E-state index contributed by atoms with van der Waals surface area (Å²) in [5.41, 5.74) is 5.57. The molecule has 42 heavy (non-hydrogen) atoms. The number of alkyl halides is 3. The maximum Gasteiger partial charge on any atom is 0.437 e. The van der Waals surface area contributed by atoms with Crippen LogP contribution >= 0.6 is 0 Å². The number of hydrogen-bond acceptors (Lipinski definition) is 8. The third kappa shape index (κ3) is 7.01. The Labute approximate surface area is 241 Å². The molecule has 2 amide bonds. The summed E-state index contributed by atoms with van der Waals surface area (Å²) in [5, 5.41) is 2.46. The summed E-state index contributed by atoms with van der Waals surface area (Å²) in [6, 6.07) is 10.1. The van der Waals surface area contributed by atoms with Gasteiger partial charge in [0.05, 0.1) is 24.6 Å². The topological polar surface area (TPSA) is 127 Å². The quantitative estimate of drug-likeness (QED) is 0.383. The number of piperidine rings is 2. The molecule has 3 N–H and O–H groups in total. The van der Waals surface area contributed by atoms with Gasteiger partial charge in [-0.25, -0.2) is 4.98 Å². The van der Waals surface area contributed by atoms with E-state index in [1.165, 1.54) is 6.20 Å². The molecule has 0 saturated carbocycles. The Kier molecular flexibility index (Phi) is 8.66. The van der Waals surface area contributed by atoms with Crippen molar-refractivity contribution in [1.82, 2.24) is 9.97 Å². The van der Waals surface area contributed by atoms with Gasteiger partial charge >= 0.3 is 6.18 Å². The van der Waals surface area contributed by atoms with Gasteiger partial charge < -0.3 is 30.0 Å². The number of oxazole rings is 1. The molecule has 2 aliphatic heterocycles. The third-order valence-electron chi connectivity index (χ3n) is 7.51. The van der Waals surface area contributed by atoms with Crippen LogP contribution in [-0.4, -0.2) is 54.1 Å². The number of primary amides is 1. The number of ether oxygens (including phenoxy) is 1. The van der Waals surface area contributed by atoms with Gasteiger partial charge in [-0.15, -0.1) is 0 Å². The molecule has 5 rings (SSSR count). The molecule has 1 aromatic carbocycles. The van der Waals surface area contributed by atoms with Crippen molar-refractivity contribution in [2.75, 3.05) is 41.3 Å². The lowest BCUT2D eigenvalue weighted by Gasteiger charge is -2.32. The maximum atomic E-state index is 13.7. The molecule has 0 aliphatic carbocycles. The number of carbonyl (C=O) groups is 2. The van der Waals surface area contributed by atoms with Gasteiger partial charge in [0.1, 0.15) is 5.82 Å². The van der Waals surface area contributed by atoms with Crippen LogP contribution in [0.4, 0.5) is 30.7 Å². The number of nitrogens with one attached hydrogen (secondary N) is 1. The molecule has 2 saturated heterocycles. The lowest BCUT2D eigenvalue weighted by atomic mass is 10.0. The number of benzene rings is 1. The Morgan fingerprint density at radius 1 is 1.07 bits per heavy atom. The van der Waals surface area contributed by atoms with Crippen LogP contribution in [0.15, 0.2) is 47.0 Å². The van der Waals surface area contributed by atoms with Gasteiger partial charge in [0.25, 0.3) is 11.9 Å². The zero-order valence-electron chi connectivity index (χ0n) is 23.2. The van der Waals surface area contributed by atoms with E-state index in [1.807, 2.05) is 19.1 Å². The molecular formula is C29H33F3N6O4. The van der Waals surface area contributed by atoms with Crippen LogP contribution in [0.3, 0.4) is 0 Å². The first-order valence-electron chi connectivity index (χ1n) is 13.9. The van der Waals surface area contributed by atoms with Crippen LogP contribution in [0, 0.1) is 5.92 Å². The van der Waals surface area contributed by atoms with Crippen molar-refractivity contribution in [2.24, 2.45) is 11.7 Å². The molecule has 4 heterocycles. The first-order chi connectivity index (χ1) is 20.1. The average molecular weight is 587 g/mol. The minimum absolute atomic E-state index is 0.0680. The largest absolute Gasteiger partial charge is 0.437 e. The molecular weight excluding hydrogens is 553 g/mol. The van der Waals surface area contributed by atoms with E-state index in [2.05, 4.69) is 20.2 Å². The van der Waals surface area contributed by atoms with E-state index in [9.17, 15) is 22.8 Å². The number of halogens is 3. The van der Waals surface area contributed by atoms with Crippen molar-refractivity contribution in [1.29, 1.82) is 0 Å². The fourth-order valence-corrected chi connectivity index (χ4v) is 5.22. The Balaban J connectivity index is 1.15. The monoisotopic (exact) mass is 586 g/mol.